The minimum atomic E-state index is 0.0324. The molecule has 1 unspecified atom stereocenters. The van der Waals surface area contributed by atoms with E-state index >= 15 is 0 Å². The van der Waals surface area contributed by atoms with Crippen molar-refractivity contribution in [2.24, 2.45) is 0 Å². The summed E-state index contributed by atoms with van der Waals surface area (Å²) in [5.41, 5.74) is 11.7. The highest BCUT2D eigenvalue weighted by Gasteiger charge is 2.22. The second-order valence-electron chi connectivity index (χ2n) is 10.0. The van der Waals surface area contributed by atoms with Crippen LogP contribution in [0.3, 0.4) is 0 Å². The number of carbonyl (C=O) groups is 1. The molecular weight excluding hydrogens is 466 g/mol. The van der Waals surface area contributed by atoms with Gasteiger partial charge in [-0.3, -0.25) is 9.69 Å². The molecule has 1 amide bonds. The molecule has 0 saturated carbocycles. The second-order valence-corrected chi connectivity index (χ2v) is 10.0. The third kappa shape index (κ3) is 5.52. The van der Waals surface area contributed by atoms with E-state index in [1.54, 1.807) is 7.11 Å². The van der Waals surface area contributed by atoms with Gasteiger partial charge in [0.05, 0.1) is 11.5 Å². The first-order valence-corrected chi connectivity index (χ1v) is 13.3. The van der Waals surface area contributed by atoms with E-state index < -0.39 is 0 Å². The molecule has 2 aliphatic rings. The number of ether oxygens (including phenoxy) is 1. The van der Waals surface area contributed by atoms with Gasteiger partial charge in [-0.2, -0.15) is 5.10 Å². The fraction of sp³-hybridized carbons (Fsp3) is 0.500. The first-order valence-electron chi connectivity index (χ1n) is 13.3. The molecule has 2 aromatic heterocycles. The number of hydrogen-bond donors (Lipinski definition) is 1. The Kier molecular flexibility index (Phi) is 7.81. The van der Waals surface area contributed by atoms with Crippen molar-refractivity contribution in [3.63, 3.8) is 0 Å². The largest absolute Gasteiger partial charge is 0.383 e. The van der Waals surface area contributed by atoms with Gasteiger partial charge in [0, 0.05) is 45.4 Å². The lowest BCUT2D eigenvalue weighted by Gasteiger charge is -2.34. The van der Waals surface area contributed by atoms with Gasteiger partial charge in [-0.1, -0.05) is 25.1 Å². The van der Waals surface area contributed by atoms with Crippen molar-refractivity contribution in [3.05, 3.63) is 48.3 Å². The summed E-state index contributed by atoms with van der Waals surface area (Å²) in [5, 5.41) is 5.81. The number of benzene rings is 1. The number of nitrogens with two attached hydrogens (primary N) is 1. The van der Waals surface area contributed by atoms with Gasteiger partial charge in [0.1, 0.15) is 17.8 Å². The van der Waals surface area contributed by atoms with E-state index in [0.717, 1.165) is 100 Å². The van der Waals surface area contributed by atoms with Crippen LogP contribution in [-0.2, 0) is 28.9 Å². The van der Waals surface area contributed by atoms with E-state index in [4.69, 9.17) is 15.6 Å². The number of amides is 1. The van der Waals surface area contributed by atoms with Crippen LogP contribution < -0.4 is 5.73 Å². The molecule has 1 aliphatic carbocycles. The molecule has 37 heavy (non-hydrogen) atoms. The SMILES string of the molecule is C=CC(=O)N1CCN(CCCCCn2nc(-c3ccc4c(c3)CCC(OC)C4)c3c(N)ncnc32)CC1. The van der Waals surface area contributed by atoms with Crippen molar-refractivity contribution in [1.29, 1.82) is 0 Å². The van der Waals surface area contributed by atoms with Crippen LogP contribution in [0, 0.1) is 0 Å². The molecule has 5 rings (SSSR count). The predicted molar refractivity (Wildman–Crippen MR) is 145 cm³/mol. The number of nitrogens with zero attached hydrogens (tertiary/aromatic N) is 6. The van der Waals surface area contributed by atoms with E-state index in [0.29, 0.717) is 11.9 Å². The maximum atomic E-state index is 11.8. The number of nitrogen functional groups attached to an aromatic ring is 1. The molecular formula is C28H37N7O2. The average Bonchev–Trinajstić information content (AvgIpc) is 3.32. The summed E-state index contributed by atoms with van der Waals surface area (Å²) in [6.45, 7) is 8.84. The number of hydrogen-bond acceptors (Lipinski definition) is 7. The molecule has 9 heteroatoms. The number of piperazine rings is 1. The smallest absolute Gasteiger partial charge is 0.246 e. The maximum Gasteiger partial charge on any atom is 0.246 e. The zero-order valence-corrected chi connectivity index (χ0v) is 21.7. The highest BCUT2D eigenvalue weighted by Crippen LogP contribution is 2.33. The summed E-state index contributed by atoms with van der Waals surface area (Å²) in [7, 11) is 1.79. The molecule has 1 aliphatic heterocycles. The zero-order chi connectivity index (χ0) is 25.8. The average molecular weight is 504 g/mol. The topological polar surface area (TPSA) is 102 Å². The highest BCUT2D eigenvalue weighted by molar-refractivity contribution is 5.98. The Balaban J connectivity index is 1.22. The molecule has 1 atom stereocenters. The highest BCUT2D eigenvalue weighted by atomic mass is 16.5. The Morgan fingerprint density at radius 1 is 1.14 bits per heavy atom. The molecule has 3 aromatic rings. The van der Waals surface area contributed by atoms with Crippen molar-refractivity contribution in [2.75, 3.05) is 45.6 Å². The fourth-order valence-corrected chi connectivity index (χ4v) is 5.55. The Morgan fingerprint density at radius 3 is 2.73 bits per heavy atom. The van der Waals surface area contributed by atoms with Crippen LogP contribution in [0.15, 0.2) is 37.2 Å². The molecule has 0 bridgehead atoms. The lowest BCUT2D eigenvalue weighted by atomic mass is 9.88. The number of anilines is 1. The van der Waals surface area contributed by atoms with Gasteiger partial charge in [-0.05, 0) is 61.9 Å². The van der Waals surface area contributed by atoms with E-state index in [-0.39, 0.29) is 5.91 Å². The quantitative estimate of drug-likeness (QED) is 0.354. The molecule has 2 N–H and O–H groups in total. The van der Waals surface area contributed by atoms with Crippen LogP contribution in [0.1, 0.15) is 36.8 Å². The van der Waals surface area contributed by atoms with Crippen LogP contribution in [0.2, 0.25) is 0 Å². The summed E-state index contributed by atoms with van der Waals surface area (Å²) >= 11 is 0. The van der Waals surface area contributed by atoms with Crippen LogP contribution in [-0.4, -0.2) is 81.4 Å². The third-order valence-corrected chi connectivity index (χ3v) is 7.76. The minimum Gasteiger partial charge on any atom is -0.383 e. The summed E-state index contributed by atoms with van der Waals surface area (Å²) in [6, 6.07) is 6.59. The van der Waals surface area contributed by atoms with Gasteiger partial charge in [0.15, 0.2) is 5.65 Å². The molecule has 3 heterocycles. The van der Waals surface area contributed by atoms with Gasteiger partial charge in [0.25, 0.3) is 0 Å². The van der Waals surface area contributed by atoms with Crippen molar-refractivity contribution in [3.8, 4) is 11.3 Å². The first kappa shape index (κ1) is 25.4. The zero-order valence-electron chi connectivity index (χ0n) is 21.7. The second kappa shape index (κ2) is 11.4. The minimum absolute atomic E-state index is 0.0324. The lowest BCUT2D eigenvalue weighted by molar-refractivity contribution is -0.127. The number of aryl methyl sites for hydroxylation is 2. The Hall–Kier alpha value is -3.30. The van der Waals surface area contributed by atoms with Crippen LogP contribution in [0.4, 0.5) is 5.82 Å². The molecule has 1 aromatic carbocycles. The fourth-order valence-electron chi connectivity index (χ4n) is 5.55. The van der Waals surface area contributed by atoms with Crippen molar-refractivity contribution in [2.45, 2.75) is 51.2 Å². The van der Waals surface area contributed by atoms with E-state index in [9.17, 15) is 4.79 Å². The molecule has 9 nitrogen and oxygen atoms in total. The van der Waals surface area contributed by atoms with Gasteiger partial charge >= 0.3 is 0 Å². The number of fused-ring (bicyclic) bond motifs is 2. The number of carbonyl (C=O) groups excluding carboxylic acids is 1. The monoisotopic (exact) mass is 503 g/mol. The summed E-state index contributed by atoms with van der Waals surface area (Å²) in [5.74, 6) is 0.502. The van der Waals surface area contributed by atoms with Crippen LogP contribution in [0.5, 0.6) is 0 Å². The van der Waals surface area contributed by atoms with Gasteiger partial charge in [0.2, 0.25) is 5.91 Å². The van der Waals surface area contributed by atoms with Crippen molar-refractivity contribution >= 4 is 22.8 Å². The van der Waals surface area contributed by atoms with Crippen molar-refractivity contribution in [1.82, 2.24) is 29.5 Å². The third-order valence-electron chi connectivity index (χ3n) is 7.76. The van der Waals surface area contributed by atoms with Crippen LogP contribution >= 0.6 is 0 Å². The van der Waals surface area contributed by atoms with Gasteiger partial charge < -0.3 is 15.4 Å². The maximum absolute atomic E-state index is 11.8. The number of methoxy groups -OCH3 is 1. The molecule has 0 spiro atoms. The summed E-state index contributed by atoms with van der Waals surface area (Å²) in [6.07, 6.45) is 9.45. The number of rotatable bonds is 9. The lowest BCUT2D eigenvalue weighted by Crippen LogP contribution is -2.48. The Labute approximate surface area is 218 Å². The molecule has 1 saturated heterocycles. The van der Waals surface area contributed by atoms with E-state index in [1.165, 1.54) is 23.5 Å². The van der Waals surface area contributed by atoms with E-state index in [2.05, 4.69) is 39.6 Å². The normalized spacial score (nSPS) is 18.2. The van der Waals surface area contributed by atoms with Gasteiger partial charge in [-0.15, -0.1) is 0 Å². The van der Waals surface area contributed by atoms with Crippen molar-refractivity contribution < 1.29 is 9.53 Å². The predicted octanol–water partition coefficient (Wildman–Crippen LogP) is 3.08. The molecule has 196 valence electrons. The Morgan fingerprint density at radius 2 is 1.95 bits per heavy atom. The summed E-state index contributed by atoms with van der Waals surface area (Å²) in [4.78, 5) is 24.9. The van der Waals surface area contributed by atoms with Crippen LogP contribution in [0.25, 0.3) is 22.3 Å². The number of unbranched alkanes of at least 4 members (excludes halogenated alkanes) is 2. The summed E-state index contributed by atoms with van der Waals surface area (Å²) < 4.78 is 7.57. The van der Waals surface area contributed by atoms with Gasteiger partial charge in [-0.25, -0.2) is 14.6 Å². The Bertz CT molecular complexity index is 1260. The van der Waals surface area contributed by atoms with E-state index in [1.807, 2.05) is 9.58 Å². The standard InChI is InChI=1S/C28H37N7O2/c1-3-24(36)34-15-13-33(14-16-34)11-5-4-6-12-35-28-25(27(29)30-19-31-28)26(32-35)22-8-7-21-18-23(37-2)10-9-20(21)17-22/h3,7-8,17,19,23H,1,4-6,9-16,18H2,2H3,(H2,29,30,31). The number of aromatic nitrogens is 4. The molecule has 1 fully saturated rings. The molecule has 0 radical (unpaired) electrons. The first-order chi connectivity index (χ1) is 18.1.